The molecule has 5 heteroatoms. The molecule has 0 saturated carbocycles. The van der Waals surface area contributed by atoms with Crippen molar-refractivity contribution in [1.29, 1.82) is 0 Å². The second kappa shape index (κ2) is 5.82. The number of halogens is 1. The van der Waals surface area contributed by atoms with E-state index < -0.39 is 0 Å². The molecule has 0 radical (unpaired) electrons. The van der Waals surface area contributed by atoms with Gasteiger partial charge in [0.05, 0.1) is 11.8 Å². The van der Waals surface area contributed by atoms with Crippen LogP contribution in [0.5, 0.6) is 0 Å². The van der Waals surface area contributed by atoms with Gasteiger partial charge in [-0.1, -0.05) is 40.2 Å². The van der Waals surface area contributed by atoms with Crippen molar-refractivity contribution in [2.75, 3.05) is 0 Å². The van der Waals surface area contributed by atoms with Gasteiger partial charge in [0, 0.05) is 17.6 Å². The molecule has 1 heterocycles. The third-order valence-corrected chi connectivity index (χ3v) is 3.32. The van der Waals surface area contributed by atoms with Gasteiger partial charge in [0.15, 0.2) is 0 Å². The average Bonchev–Trinajstić information content (AvgIpc) is 2.82. The molecule has 2 aromatic rings. The lowest BCUT2D eigenvalue weighted by atomic mass is 10.1. The van der Waals surface area contributed by atoms with E-state index in [0.717, 1.165) is 16.6 Å². The first-order chi connectivity index (χ1) is 8.70. The molecule has 0 atom stereocenters. The number of H-pyrrole nitrogens is 1. The second-order valence-corrected chi connectivity index (χ2v) is 4.61. The number of alkyl halides is 1. The van der Waals surface area contributed by atoms with E-state index in [1.54, 1.807) is 6.20 Å². The quantitative estimate of drug-likeness (QED) is 0.853. The zero-order valence-electron chi connectivity index (χ0n) is 10.0. The predicted molar refractivity (Wildman–Crippen MR) is 73.6 cm³/mol. The summed E-state index contributed by atoms with van der Waals surface area (Å²) in [6, 6.07) is 8.09. The number of rotatable bonds is 4. The summed E-state index contributed by atoms with van der Waals surface area (Å²) < 4.78 is 0. The van der Waals surface area contributed by atoms with Crippen molar-refractivity contribution in [1.82, 2.24) is 15.5 Å². The number of aromatic amines is 1. The van der Waals surface area contributed by atoms with Crippen molar-refractivity contribution in [3.63, 3.8) is 0 Å². The van der Waals surface area contributed by atoms with E-state index in [4.69, 9.17) is 0 Å². The minimum Gasteiger partial charge on any atom is -0.348 e. The fourth-order valence-electron chi connectivity index (χ4n) is 1.68. The molecule has 0 saturated heterocycles. The van der Waals surface area contributed by atoms with Gasteiger partial charge in [0.1, 0.15) is 0 Å². The Morgan fingerprint density at radius 3 is 2.89 bits per heavy atom. The maximum absolute atomic E-state index is 11.9. The Labute approximate surface area is 114 Å². The Morgan fingerprint density at radius 2 is 2.22 bits per heavy atom. The van der Waals surface area contributed by atoms with Gasteiger partial charge in [-0.15, -0.1) is 0 Å². The second-order valence-electron chi connectivity index (χ2n) is 4.04. The van der Waals surface area contributed by atoms with Crippen LogP contribution in [0, 0.1) is 6.92 Å². The lowest BCUT2D eigenvalue weighted by molar-refractivity contribution is 0.0950. The number of carbonyl (C=O) groups excluding carboxylic acids is 1. The standard InChI is InChI=1S/C13H14BrN3O/c1-9-12(8-16-17-9)13(18)15-7-11-4-2-3-10(5-11)6-14/h2-5,8H,6-7H2,1H3,(H,15,18)(H,16,17). The highest BCUT2D eigenvalue weighted by molar-refractivity contribution is 9.08. The smallest absolute Gasteiger partial charge is 0.255 e. The molecule has 0 spiro atoms. The molecule has 2 rings (SSSR count). The molecule has 2 N–H and O–H groups in total. The van der Waals surface area contributed by atoms with Gasteiger partial charge in [-0.2, -0.15) is 5.10 Å². The Kier molecular flexibility index (Phi) is 4.15. The Morgan fingerprint density at radius 1 is 1.44 bits per heavy atom. The lowest BCUT2D eigenvalue weighted by Crippen LogP contribution is -2.23. The number of hydrogen-bond acceptors (Lipinski definition) is 2. The van der Waals surface area contributed by atoms with Crippen LogP contribution in [0.15, 0.2) is 30.5 Å². The number of amides is 1. The number of nitrogens with zero attached hydrogens (tertiary/aromatic N) is 1. The number of aryl methyl sites for hydroxylation is 1. The molecule has 0 aliphatic carbocycles. The summed E-state index contributed by atoms with van der Waals surface area (Å²) in [5.41, 5.74) is 3.65. The molecule has 4 nitrogen and oxygen atoms in total. The normalized spacial score (nSPS) is 10.3. The monoisotopic (exact) mass is 307 g/mol. The molecule has 0 aliphatic heterocycles. The van der Waals surface area contributed by atoms with Gasteiger partial charge in [-0.25, -0.2) is 0 Å². The van der Waals surface area contributed by atoms with Gasteiger partial charge in [-0.05, 0) is 18.1 Å². The highest BCUT2D eigenvalue weighted by Crippen LogP contribution is 2.09. The lowest BCUT2D eigenvalue weighted by Gasteiger charge is -2.05. The topological polar surface area (TPSA) is 57.8 Å². The fourth-order valence-corrected chi connectivity index (χ4v) is 2.03. The predicted octanol–water partition coefficient (Wildman–Crippen LogP) is 2.54. The summed E-state index contributed by atoms with van der Waals surface area (Å²) in [5, 5.41) is 10.3. The molecule has 0 aliphatic rings. The van der Waals surface area contributed by atoms with Crippen LogP contribution < -0.4 is 5.32 Å². The van der Waals surface area contributed by atoms with Crippen molar-refractivity contribution < 1.29 is 4.79 Å². The van der Waals surface area contributed by atoms with E-state index in [0.29, 0.717) is 12.1 Å². The van der Waals surface area contributed by atoms with Crippen LogP contribution in [-0.4, -0.2) is 16.1 Å². The van der Waals surface area contributed by atoms with Crippen LogP contribution in [0.2, 0.25) is 0 Å². The number of aromatic nitrogens is 2. The Bertz CT molecular complexity index is 551. The minimum absolute atomic E-state index is 0.106. The third kappa shape index (κ3) is 2.98. The van der Waals surface area contributed by atoms with E-state index in [1.165, 1.54) is 5.56 Å². The first kappa shape index (κ1) is 12.8. The Hall–Kier alpha value is -1.62. The zero-order chi connectivity index (χ0) is 13.0. The molecule has 18 heavy (non-hydrogen) atoms. The number of carbonyl (C=O) groups is 1. The minimum atomic E-state index is -0.106. The largest absolute Gasteiger partial charge is 0.348 e. The molecule has 1 aromatic carbocycles. The van der Waals surface area contributed by atoms with Crippen LogP contribution in [0.1, 0.15) is 27.2 Å². The molecule has 0 bridgehead atoms. The van der Waals surface area contributed by atoms with Crippen molar-refractivity contribution in [3.8, 4) is 0 Å². The van der Waals surface area contributed by atoms with Crippen LogP contribution in [0.25, 0.3) is 0 Å². The SMILES string of the molecule is Cc1[nH]ncc1C(=O)NCc1cccc(CBr)c1. The molecule has 0 unspecified atom stereocenters. The van der Waals surface area contributed by atoms with Crippen molar-refractivity contribution >= 4 is 21.8 Å². The van der Waals surface area contributed by atoms with E-state index >= 15 is 0 Å². The third-order valence-electron chi connectivity index (χ3n) is 2.67. The molecular formula is C13H14BrN3O. The zero-order valence-corrected chi connectivity index (χ0v) is 11.6. The van der Waals surface area contributed by atoms with E-state index in [1.807, 2.05) is 25.1 Å². The number of benzene rings is 1. The van der Waals surface area contributed by atoms with Crippen LogP contribution in [0.4, 0.5) is 0 Å². The summed E-state index contributed by atoms with van der Waals surface area (Å²) in [6.45, 7) is 2.34. The van der Waals surface area contributed by atoms with Crippen molar-refractivity contribution in [3.05, 3.63) is 52.8 Å². The highest BCUT2D eigenvalue weighted by Gasteiger charge is 2.09. The van der Waals surface area contributed by atoms with Crippen LogP contribution in [0.3, 0.4) is 0 Å². The van der Waals surface area contributed by atoms with E-state index in [9.17, 15) is 4.79 Å². The van der Waals surface area contributed by atoms with Gasteiger partial charge in [-0.3, -0.25) is 9.89 Å². The highest BCUT2D eigenvalue weighted by atomic mass is 79.9. The summed E-state index contributed by atoms with van der Waals surface area (Å²) in [6.07, 6.45) is 1.54. The van der Waals surface area contributed by atoms with Crippen LogP contribution >= 0.6 is 15.9 Å². The molecule has 94 valence electrons. The van der Waals surface area contributed by atoms with Crippen molar-refractivity contribution in [2.24, 2.45) is 0 Å². The molecule has 1 amide bonds. The van der Waals surface area contributed by atoms with Gasteiger partial charge >= 0.3 is 0 Å². The molecular weight excluding hydrogens is 294 g/mol. The maximum atomic E-state index is 11.9. The maximum Gasteiger partial charge on any atom is 0.255 e. The molecule has 0 fully saturated rings. The summed E-state index contributed by atoms with van der Waals surface area (Å²) in [5.74, 6) is -0.106. The summed E-state index contributed by atoms with van der Waals surface area (Å²) in [7, 11) is 0. The first-order valence-electron chi connectivity index (χ1n) is 5.62. The fraction of sp³-hybridized carbons (Fsp3) is 0.231. The molecule has 1 aromatic heterocycles. The van der Waals surface area contributed by atoms with Gasteiger partial charge in [0.25, 0.3) is 5.91 Å². The van der Waals surface area contributed by atoms with Gasteiger partial charge in [0.2, 0.25) is 0 Å². The summed E-state index contributed by atoms with van der Waals surface area (Å²) >= 11 is 3.41. The Balaban J connectivity index is 1.99. The van der Waals surface area contributed by atoms with Crippen LogP contribution in [-0.2, 0) is 11.9 Å². The number of nitrogens with one attached hydrogen (secondary N) is 2. The average molecular weight is 308 g/mol. The van der Waals surface area contributed by atoms with Crippen molar-refractivity contribution in [2.45, 2.75) is 18.8 Å². The van der Waals surface area contributed by atoms with E-state index in [2.05, 4.69) is 37.5 Å². The van der Waals surface area contributed by atoms with Gasteiger partial charge < -0.3 is 5.32 Å². The number of hydrogen-bond donors (Lipinski definition) is 2. The first-order valence-corrected chi connectivity index (χ1v) is 6.75. The summed E-state index contributed by atoms with van der Waals surface area (Å²) in [4.78, 5) is 11.9. The van der Waals surface area contributed by atoms with E-state index in [-0.39, 0.29) is 5.91 Å².